The number of rotatable bonds is 6. The van der Waals surface area contributed by atoms with Crippen molar-refractivity contribution in [2.24, 2.45) is 11.8 Å². The second kappa shape index (κ2) is 8.51. The van der Waals surface area contributed by atoms with Crippen molar-refractivity contribution < 1.29 is 13.2 Å². The van der Waals surface area contributed by atoms with Crippen LogP contribution in [0.2, 0.25) is 0 Å². The lowest BCUT2D eigenvalue weighted by Gasteiger charge is -2.34. The third kappa shape index (κ3) is 5.18. The number of pyridine rings is 1. The Morgan fingerprint density at radius 2 is 2.04 bits per heavy atom. The van der Waals surface area contributed by atoms with Gasteiger partial charge >= 0.3 is 0 Å². The van der Waals surface area contributed by atoms with E-state index in [1.165, 1.54) is 44.5 Å². The van der Waals surface area contributed by atoms with Gasteiger partial charge in [-0.05, 0) is 30.4 Å². The number of amides is 1. The molecule has 8 heteroatoms. The predicted molar refractivity (Wildman–Crippen MR) is 99.9 cm³/mol. The van der Waals surface area contributed by atoms with Crippen LogP contribution in [-0.2, 0) is 14.8 Å². The van der Waals surface area contributed by atoms with Crippen LogP contribution in [0.1, 0.15) is 33.1 Å². The van der Waals surface area contributed by atoms with Gasteiger partial charge in [0.2, 0.25) is 15.9 Å². The highest BCUT2D eigenvalue weighted by Crippen LogP contribution is 2.29. The van der Waals surface area contributed by atoms with Crippen molar-refractivity contribution in [3.8, 4) is 0 Å². The fraction of sp³-hybridized carbons (Fsp3) is 0.647. The SMILES string of the molecule is C[C@H]1[C@@H](NC(=O)CSc2ccc(S(=O)(=O)N(C)C)cn2)CCC[C@@H]1C. The van der Waals surface area contributed by atoms with Crippen LogP contribution in [0.25, 0.3) is 0 Å². The standard InChI is InChI=1S/C17H27N3O3S2/c1-12-6-5-7-15(13(12)2)19-16(21)11-24-17-9-8-14(10-18-17)25(22,23)20(3)4/h8-10,12-13,15H,5-7,11H2,1-4H3,(H,19,21)/t12-,13+,15-/m0/s1. The lowest BCUT2D eigenvalue weighted by Crippen LogP contribution is -2.44. The molecular weight excluding hydrogens is 358 g/mol. The molecule has 0 aromatic carbocycles. The zero-order chi connectivity index (χ0) is 18.6. The lowest BCUT2D eigenvalue weighted by molar-refractivity contribution is -0.120. The van der Waals surface area contributed by atoms with Crippen LogP contribution in [0, 0.1) is 11.8 Å². The summed E-state index contributed by atoms with van der Waals surface area (Å²) in [6, 6.07) is 3.41. The lowest BCUT2D eigenvalue weighted by atomic mass is 9.78. The van der Waals surface area contributed by atoms with Crippen LogP contribution in [-0.4, -0.2) is 49.5 Å². The highest BCUT2D eigenvalue weighted by molar-refractivity contribution is 7.99. The summed E-state index contributed by atoms with van der Waals surface area (Å²) in [6.07, 6.45) is 4.76. The molecule has 6 nitrogen and oxygen atoms in total. The maximum Gasteiger partial charge on any atom is 0.244 e. The molecule has 3 atom stereocenters. The number of thioether (sulfide) groups is 1. The van der Waals surface area contributed by atoms with Gasteiger partial charge in [0.25, 0.3) is 0 Å². The Morgan fingerprint density at radius 1 is 1.32 bits per heavy atom. The number of hydrogen-bond acceptors (Lipinski definition) is 5. The molecule has 0 radical (unpaired) electrons. The van der Waals surface area contributed by atoms with Crippen molar-refractivity contribution >= 4 is 27.7 Å². The Labute approximate surface area is 154 Å². The summed E-state index contributed by atoms with van der Waals surface area (Å²) in [7, 11) is -0.510. The molecule has 0 saturated heterocycles. The summed E-state index contributed by atoms with van der Waals surface area (Å²) in [5.41, 5.74) is 0. The molecule has 1 aliphatic carbocycles. The van der Waals surface area contributed by atoms with E-state index >= 15 is 0 Å². The fourth-order valence-electron chi connectivity index (χ4n) is 2.99. The quantitative estimate of drug-likeness (QED) is 0.761. The molecule has 0 aliphatic heterocycles. The number of nitrogens with zero attached hydrogens (tertiary/aromatic N) is 2. The molecule has 140 valence electrons. The average molecular weight is 386 g/mol. The van der Waals surface area contributed by atoms with E-state index in [1.807, 2.05) is 0 Å². The number of carbonyl (C=O) groups excluding carboxylic acids is 1. The maximum absolute atomic E-state index is 12.2. The normalized spacial score (nSPS) is 24.3. The molecule has 1 aliphatic rings. The third-order valence-electron chi connectivity index (χ3n) is 4.89. The molecule has 1 aromatic heterocycles. The summed E-state index contributed by atoms with van der Waals surface area (Å²) < 4.78 is 25.2. The second-order valence-corrected chi connectivity index (χ2v) is 10.00. The van der Waals surface area contributed by atoms with Gasteiger partial charge in [0.1, 0.15) is 4.90 Å². The van der Waals surface area contributed by atoms with E-state index in [-0.39, 0.29) is 22.6 Å². The minimum absolute atomic E-state index is 0.00254. The first-order chi connectivity index (χ1) is 11.7. The minimum Gasteiger partial charge on any atom is -0.352 e. The Balaban J connectivity index is 1.88. The van der Waals surface area contributed by atoms with Gasteiger partial charge in [-0.1, -0.05) is 38.5 Å². The summed E-state index contributed by atoms with van der Waals surface area (Å²) in [5.74, 6) is 1.42. The molecule has 2 rings (SSSR count). The van der Waals surface area contributed by atoms with Crippen LogP contribution in [0.15, 0.2) is 28.3 Å². The Hall–Kier alpha value is -1.12. The highest BCUT2D eigenvalue weighted by Gasteiger charge is 2.28. The van der Waals surface area contributed by atoms with Gasteiger partial charge in [0.15, 0.2) is 0 Å². The molecule has 0 bridgehead atoms. The summed E-state index contributed by atoms with van der Waals surface area (Å²) >= 11 is 1.32. The number of aromatic nitrogens is 1. The second-order valence-electron chi connectivity index (χ2n) is 6.85. The van der Waals surface area contributed by atoms with E-state index in [0.717, 1.165) is 17.1 Å². The van der Waals surface area contributed by atoms with E-state index in [9.17, 15) is 13.2 Å². The number of carbonyl (C=O) groups is 1. The molecule has 25 heavy (non-hydrogen) atoms. The van der Waals surface area contributed by atoms with Crippen molar-refractivity contribution in [2.45, 2.75) is 49.1 Å². The van der Waals surface area contributed by atoms with E-state index in [2.05, 4.69) is 24.1 Å². The van der Waals surface area contributed by atoms with Gasteiger partial charge in [-0.25, -0.2) is 17.7 Å². The van der Waals surface area contributed by atoms with E-state index in [1.54, 1.807) is 6.07 Å². The minimum atomic E-state index is -3.47. The Morgan fingerprint density at radius 3 is 2.64 bits per heavy atom. The van der Waals surface area contributed by atoms with Gasteiger partial charge in [-0.15, -0.1) is 0 Å². The molecule has 0 unspecified atom stereocenters. The molecule has 1 heterocycles. The van der Waals surface area contributed by atoms with E-state index in [0.29, 0.717) is 16.9 Å². The highest BCUT2D eigenvalue weighted by atomic mass is 32.2. The van der Waals surface area contributed by atoms with Crippen LogP contribution < -0.4 is 5.32 Å². The molecule has 1 saturated carbocycles. The number of sulfonamides is 1. The van der Waals surface area contributed by atoms with Gasteiger partial charge in [0.05, 0.1) is 10.8 Å². The first-order valence-corrected chi connectivity index (χ1v) is 10.9. The first-order valence-electron chi connectivity index (χ1n) is 8.52. The van der Waals surface area contributed by atoms with Crippen molar-refractivity contribution in [2.75, 3.05) is 19.8 Å². The average Bonchev–Trinajstić information content (AvgIpc) is 2.57. The number of nitrogens with one attached hydrogen (secondary N) is 1. The Kier molecular flexibility index (Phi) is 6.87. The molecular formula is C17H27N3O3S2. The largest absolute Gasteiger partial charge is 0.352 e. The molecule has 1 aromatic rings. The molecule has 1 fully saturated rings. The Bertz CT molecular complexity index is 690. The first kappa shape index (κ1) is 20.2. The fourth-order valence-corrected chi connectivity index (χ4v) is 4.49. The third-order valence-corrected chi connectivity index (χ3v) is 7.63. The maximum atomic E-state index is 12.2. The van der Waals surface area contributed by atoms with Gasteiger partial charge in [-0.2, -0.15) is 0 Å². The van der Waals surface area contributed by atoms with Crippen molar-refractivity contribution in [1.29, 1.82) is 0 Å². The van der Waals surface area contributed by atoms with Crippen LogP contribution in [0.5, 0.6) is 0 Å². The molecule has 1 amide bonds. The monoisotopic (exact) mass is 385 g/mol. The van der Waals surface area contributed by atoms with E-state index < -0.39 is 10.0 Å². The van der Waals surface area contributed by atoms with Crippen molar-refractivity contribution in [3.63, 3.8) is 0 Å². The van der Waals surface area contributed by atoms with Gasteiger partial charge < -0.3 is 5.32 Å². The number of hydrogen-bond donors (Lipinski definition) is 1. The smallest absolute Gasteiger partial charge is 0.244 e. The summed E-state index contributed by atoms with van der Waals surface area (Å²) in [5, 5.41) is 3.77. The van der Waals surface area contributed by atoms with Crippen molar-refractivity contribution in [1.82, 2.24) is 14.6 Å². The van der Waals surface area contributed by atoms with Crippen LogP contribution in [0.3, 0.4) is 0 Å². The predicted octanol–water partition coefficient (Wildman–Crippen LogP) is 2.36. The molecule has 1 N–H and O–H groups in total. The topological polar surface area (TPSA) is 79.4 Å². The molecule has 0 spiro atoms. The summed E-state index contributed by atoms with van der Waals surface area (Å²) in [6.45, 7) is 4.44. The summed E-state index contributed by atoms with van der Waals surface area (Å²) in [4.78, 5) is 16.5. The van der Waals surface area contributed by atoms with Crippen LogP contribution in [0.4, 0.5) is 0 Å². The zero-order valence-corrected chi connectivity index (χ0v) is 16.9. The van der Waals surface area contributed by atoms with Gasteiger partial charge in [-0.3, -0.25) is 4.79 Å². The van der Waals surface area contributed by atoms with Gasteiger partial charge in [0, 0.05) is 26.3 Å². The van der Waals surface area contributed by atoms with Crippen LogP contribution >= 0.6 is 11.8 Å². The zero-order valence-electron chi connectivity index (χ0n) is 15.2. The van der Waals surface area contributed by atoms with Crippen molar-refractivity contribution in [3.05, 3.63) is 18.3 Å². The van der Waals surface area contributed by atoms with E-state index in [4.69, 9.17) is 0 Å².